The van der Waals surface area contributed by atoms with Gasteiger partial charge in [-0.3, -0.25) is 4.98 Å². The Bertz CT molecular complexity index is 1460. The average molecular weight is 446 g/mol. The van der Waals surface area contributed by atoms with Gasteiger partial charge in [-0.15, -0.1) is 0 Å². The third-order valence-corrected chi connectivity index (χ3v) is 7.51. The lowest BCUT2D eigenvalue weighted by Crippen LogP contribution is -2.05. The molecule has 1 aliphatic rings. The molecule has 1 fully saturated rings. The molecule has 0 saturated heterocycles. The summed E-state index contributed by atoms with van der Waals surface area (Å²) in [4.78, 5) is 4.93. The molecule has 170 valence electrons. The summed E-state index contributed by atoms with van der Waals surface area (Å²) in [5, 5.41) is 2.31. The van der Waals surface area contributed by atoms with E-state index in [9.17, 15) is 0 Å². The molecule has 0 spiro atoms. The van der Waals surface area contributed by atoms with Crippen molar-refractivity contribution in [3.8, 4) is 22.4 Å². The Morgan fingerprint density at radius 1 is 0.853 bits per heavy atom. The zero-order valence-electron chi connectivity index (χ0n) is 20.1. The summed E-state index contributed by atoms with van der Waals surface area (Å²) < 4.78 is 6.51. The fourth-order valence-electron chi connectivity index (χ4n) is 5.69. The largest absolute Gasteiger partial charge is 0.455 e. The van der Waals surface area contributed by atoms with Crippen LogP contribution in [0.2, 0.25) is 0 Å². The molecule has 34 heavy (non-hydrogen) atoms. The highest BCUT2D eigenvalue weighted by molar-refractivity contribution is 6.10. The van der Waals surface area contributed by atoms with Crippen LogP contribution in [0.1, 0.15) is 56.6 Å². The molecule has 2 aromatic heterocycles. The summed E-state index contributed by atoms with van der Waals surface area (Å²) in [6, 6.07) is 25.8. The van der Waals surface area contributed by atoms with Crippen LogP contribution in [-0.2, 0) is 6.42 Å². The van der Waals surface area contributed by atoms with Crippen molar-refractivity contribution in [3.05, 3.63) is 90.1 Å². The summed E-state index contributed by atoms with van der Waals surface area (Å²) in [7, 11) is 0. The van der Waals surface area contributed by atoms with Gasteiger partial charge in [-0.2, -0.15) is 0 Å². The van der Waals surface area contributed by atoms with Crippen LogP contribution in [0.25, 0.3) is 44.3 Å². The second-order valence-corrected chi connectivity index (χ2v) is 10.1. The van der Waals surface area contributed by atoms with Gasteiger partial charge in [0.2, 0.25) is 0 Å². The van der Waals surface area contributed by atoms with E-state index in [-0.39, 0.29) is 0 Å². The Balaban J connectivity index is 1.46. The summed E-state index contributed by atoms with van der Waals surface area (Å²) in [6.07, 6.45) is 8.75. The minimum absolute atomic E-state index is 0.483. The SMILES string of the molecule is CC(C)c1cnc(-c2cccc3c2oc2cc(-c4ccccc4)ccc23)cc1CC1CCCC1. The van der Waals surface area contributed by atoms with E-state index in [2.05, 4.69) is 86.8 Å². The standard InChI is InChI=1S/C32H31NO/c1-21(2)29-20-33-30(18-25(29)17-22-9-6-7-10-22)28-14-8-13-27-26-16-15-24(19-31(26)34-32(27)28)23-11-4-3-5-12-23/h3-5,8,11-16,18-22H,6-7,9-10,17H2,1-2H3. The van der Waals surface area contributed by atoms with Crippen LogP contribution in [0, 0.1) is 5.92 Å². The molecule has 0 amide bonds. The molecule has 0 unspecified atom stereocenters. The van der Waals surface area contributed by atoms with Crippen molar-refractivity contribution in [2.24, 2.45) is 5.92 Å². The number of benzene rings is 3. The first-order valence-electron chi connectivity index (χ1n) is 12.7. The third-order valence-electron chi connectivity index (χ3n) is 7.51. The van der Waals surface area contributed by atoms with Gasteiger partial charge < -0.3 is 4.42 Å². The molecule has 0 atom stereocenters. The molecule has 0 radical (unpaired) electrons. The number of nitrogens with zero attached hydrogens (tertiary/aromatic N) is 1. The maximum absolute atomic E-state index is 6.51. The van der Waals surface area contributed by atoms with Gasteiger partial charge >= 0.3 is 0 Å². The van der Waals surface area contributed by atoms with Gasteiger partial charge in [-0.05, 0) is 64.8 Å². The van der Waals surface area contributed by atoms with E-state index in [4.69, 9.17) is 9.40 Å². The highest BCUT2D eigenvalue weighted by Gasteiger charge is 2.20. The highest BCUT2D eigenvalue weighted by Crippen LogP contribution is 2.38. The number of hydrogen-bond acceptors (Lipinski definition) is 2. The number of aromatic nitrogens is 1. The van der Waals surface area contributed by atoms with Crippen molar-refractivity contribution in [1.29, 1.82) is 0 Å². The normalized spacial score (nSPS) is 14.6. The first kappa shape index (κ1) is 21.2. The molecule has 2 heteroatoms. The molecule has 5 aromatic rings. The lowest BCUT2D eigenvalue weighted by molar-refractivity contribution is 0.542. The maximum Gasteiger partial charge on any atom is 0.144 e. The Kier molecular flexibility index (Phi) is 5.45. The van der Waals surface area contributed by atoms with Crippen molar-refractivity contribution in [2.45, 2.75) is 51.9 Å². The van der Waals surface area contributed by atoms with Gasteiger partial charge in [0.25, 0.3) is 0 Å². The number of fused-ring (bicyclic) bond motifs is 3. The quantitative estimate of drug-likeness (QED) is 0.269. The molecule has 6 rings (SSSR count). The lowest BCUT2D eigenvalue weighted by atomic mass is 9.90. The zero-order valence-corrected chi connectivity index (χ0v) is 20.1. The van der Waals surface area contributed by atoms with Crippen molar-refractivity contribution >= 4 is 21.9 Å². The van der Waals surface area contributed by atoms with E-state index in [1.54, 1.807) is 0 Å². The summed E-state index contributed by atoms with van der Waals surface area (Å²) in [5.41, 5.74) is 9.18. The van der Waals surface area contributed by atoms with Crippen LogP contribution in [0.5, 0.6) is 0 Å². The molecule has 0 bridgehead atoms. The molecule has 1 aliphatic carbocycles. The Hall–Kier alpha value is -3.39. The topological polar surface area (TPSA) is 26.0 Å². The van der Waals surface area contributed by atoms with Gasteiger partial charge in [0, 0.05) is 22.5 Å². The summed E-state index contributed by atoms with van der Waals surface area (Å²) >= 11 is 0. The predicted molar refractivity (Wildman–Crippen MR) is 142 cm³/mol. The summed E-state index contributed by atoms with van der Waals surface area (Å²) in [6.45, 7) is 4.55. The minimum Gasteiger partial charge on any atom is -0.455 e. The average Bonchev–Trinajstić information content (AvgIpc) is 3.51. The van der Waals surface area contributed by atoms with E-state index in [1.165, 1.54) is 54.4 Å². The number of furan rings is 1. The van der Waals surface area contributed by atoms with Gasteiger partial charge in [0.1, 0.15) is 11.2 Å². The van der Waals surface area contributed by atoms with Crippen LogP contribution < -0.4 is 0 Å². The second kappa shape index (κ2) is 8.76. The van der Waals surface area contributed by atoms with E-state index in [0.717, 1.165) is 39.1 Å². The Labute approximate surface area is 201 Å². The molecule has 1 saturated carbocycles. The van der Waals surface area contributed by atoms with Crippen molar-refractivity contribution in [3.63, 3.8) is 0 Å². The molecule has 3 aromatic carbocycles. The van der Waals surface area contributed by atoms with Crippen molar-refractivity contribution < 1.29 is 4.42 Å². The van der Waals surface area contributed by atoms with Crippen LogP contribution in [0.3, 0.4) is 0 Å². The third kappa shape index (κ3) is 3.81. The Morgan fingerprint density at radius 2 is 1.68 bits per heavy atom. The van der Waals surface area contributed by atoms with Crippen LogP contribution in [0.15, 0.2) is 83.4 Å². The summed E-state index contributed by atoms with van der Waals surface area (Å²) in [5.74, 6) is 1.29. The number of para-hydroxylation sites is 1. The van der Waals surface area contributed by atoms with Gasteiger partial charge in [0.05, 0.1) is 5.69 Å². The van der Waals surface area contributed by atoms with Crippen molar-refractivity contribution in [2.75, 3.05) is 0 Å². The fourth-order valence-corrected chi connectivity index (χ4v) is 5.69. The number of hydrogen-bond donors (Lipinski definition) is 0. The second-order valence-electron chi connectivity index (χ2n) is 10.1. The molecule has 0 aliphatic heterocycles. The molecule has 2 heterocycles. The first-order valence-corrected chi connectivity index (χ1v) is 12.7. The number of rotatable bonds is 5. The minimum atomic E-state index is 0.483. The molecular weight excluding hydrogens is 414 g/mol. The van der Waals surface area contributed by atoms with E-state index < -0.39 is 0 Å². The molecule has 2 nitrogen and oxygen atoms in total. The predicted octanol–water partition coefficient (Wildman–Crippen LogP) is 9.17. The van der Waals surface area contributed by atoms with E-state index in [0.29, 0.717) is 5.92 Å². The van der Waals surface area contributed by atoms with Gasteiger partial charge in [-0.25, -0.2) is 0 Å². The van der Waals surface area contributed by atoms with Crippen molar-refractivity contribution in [1.82, 2.24) is 4.98 Å². The maximum atomic E-state index is 6.51. The zero-order chi connectivity index (χ0) is 23.1. The monoisotopic (exact) mass is 445 g/mol. The van der Waals surface area contributed by atoms with Gasteiger partial charge in [0.15, 0.2) is 0 Å². The smallest absolute Gasteiger partial charge is 0.144 e. The van der Waals surface area contributed by atoms with Crippen LogP contribution >= 0.6 is 0 Å². The first-order chi connectivity index (χ1) is 16.7. The Morgan fingerprint density at radius 3 is 2.47 bits per heavy atom. The lowest BCUT2D eigenvalue weighted by Gasteiger charge is -2.17. The van der Waals surface area contributed by atoms with Crippen LogP contribution in [-0.4, -0.2) is 4.98 Å². The van der Waals surface area contributed by atoms with E-state index in [1.807, 2.05) is 6.07 Å². The number of pyridine rings is 1. The van der Waals surface area contributed by atoms with Crippen LogP contribution in [0.4, 0.5) is 0 Å². The highest BCUT2D eigenvalue weighted by atomic mass is 16.3. The fraction of sp³-hybridized carbons (Fsp3) is 0.281. The van der Waals surface area contributed by atoms with E-state index >= 15 is 0 Å². The molecular formula is C32H31NO. The van der Waals surface area contributed by atoms with Gasteiger partial charge in [-0.1, -0.05) is 88.1 Å². The molecule has 0 N–H and O–H groups in total.